The molecule has 0 aliphatic heterocycles. The Hall–Kier alpha value is -0.910. The maximum Gasteiger partial charge on any atom is 0.251 e. The highest BCUT2D eigenvalue weighted by molar-refractivity contribution is 9.10. The lowest BCUT2D eigenvalue weighted by atomic mass is 10.2. The van der Waals surface area contributed by atoms with Crippen LogP contribution >= 0.6 is 38.9 Å². The number of aryl methyl sites for hydroxylation is 1. The number of hydrogen-bond acceptors (Lipinski definition) is 3. The van der Waals surface area contributed by atoms with Crippen LogP contribution in [-0.4, -0.2) is 17.4 Å². The molecule has 0 spiro atoms. The van der Waals surface area contributed by atoms with Gasteiger partial charge in [0.05, 0.1) is 5.01 Å². The van der Waals surface area contributed by atoms with Crippen molar-refractivity contribution in [3.63, 3.8) is 0 Å². The molecule has 3 nitrogen and oxygen atoms in total. The molecule has 0 aliphatic rings. The van der Waals surface area contributed by atoms with Gasteiger partial charge >= 0.3 is 0 Å². The van der Waals surface area contributed by atoms with Crippen LogP contribution in [0.5, 0.6) is 0 Å². The van der Waals surface area contributed by atoms with Crippen LogP contribution in [0.25, 0.3) is 0 Å². The first-order valence-electron chi connectivity index (χ1n) is 5.70. The molecule has 1 heterocycles. The second kappa shape index (κ2) is 6.50. The van der Waals surface area contributed by atoms with Gasteiger partial charge < -0.3 is 5.32 Å². The highest BCUT2D eigenvalue weighted by Gasteiger charge is 2.07. The Morgan fingerprint density at radius 1 is 1.47 bits per heavy atom. The van der Waals surface area contributed by atoms with E-state index < -0.39 is 0 Å². The Bertz CT molecular complexity index is 580. The number of carbonyl (C=O) groups is 1. The third kappa shape index (κ3) is 4.30. The third-order valence-electron chi connectivity index (χ3n) is 2.42. The number of aromatic nitrogens is 1. The van der Waals surface area contributed by atoms with Crippen LogP contribution in [0.4, 0.5) is 0 Å². The molecular formula is C13H12BrClN2OS. The second-order valence-corrected chi connectivity index (χ2v) is 6.34. The van der Waals surface area contributed by atoms with Gasteiger partial charge in [0, 0.05) is 39.1 Å². The lowest BCUT2D eigenvalue weighted by Gasteiger charge is -2.05. The Morgan fingerprint density at radius 3 is 2.89 bits per heavy atom. The lowest BCUT2D eigenvalue weighted by Crippen LogP contribution is -2.25. The van der Waals surface area contributed by atoms with Crippen molar-refractivity contribution < 1.29 is 4.79 Å². The van der Waals surface area contributed by atoms with Crippen LogP contribution in [0.3, 0.4) is 0 Å². The molecule has 1 N–H and O–H groups in total. The van der Waals surface area contributed by atoms with E-state index in [0.717, 1.165) is 21.6 Å². The molecule has 6 heteroatoms. The minimum absolute atomic E-state index is 0.128. The quantitative estimate of drug-likeness (QED) is 0.901. The zero-order valence-corrected chi connectivity index (χ0v) is 13.4. The van der Waals surface area contributed by atoms with Gasteiger partial charge in [0.15, 0.2) is 0 Å². The molecule has 19 heavy (non-hydrogen) atoms. The summed E-state index contributed by atoms with van der Waals surface area (Å²) in [6, 6.07) is 5.14. The SMILES string of the molecule is Cc1csc(CCNC(=O)c2cc(Cl)cc(Br)c2)n1. The van der Waals surface area contributed by atoms with E-state index in [-0.39, 0.29) is 5.91 Å². The fourth-order valence-electron chi connectivity index (χ4n) is 1.59. The molecule has 1 amide bonds. The third-order valence-corrected chi connectivity index (χ3v) is 4.12. The monoisotopic (exact) mass is 358 g/mol. The zero-order chi connectivity index (χ0) is 13.8. The molecule has 2 aromatic rings. The van der Waals surface area contributed by atoms with E-state index in [0.29, 0.717) is 17.1 Å². The first-order chi connectivity index (χ1) is 9.04. The largest absolute Gasteiger partial charge is 0.352 e. The predicted octanol–water partition coefficient (Wildman–Crippen LogP) is 3.84. The van der Waals surface area contributed by atoms with Crippen molar-refractivity contribution in [2.24, 2.45) is 0 Å². The average molecular weight is 360 g/mol. The Kier molecular flexibility index (Phi) is 4.96. The standard InChI is InChI=1S/C13H12BrClN2OS/c1-8-7-19-12(17-8)2-3-16-13(18)9-4-10(14)6-11(15)5-9/h4-7H,2-3H2,1H3,(H,16,18). The summed E-state index contributed by atoms with van der Waals surface area (Å²) in [6.07, 6.45) is 0.742. The van der Waals surface area contributed by atoms with Gasteiger partial charge in [-0.3, -0.25) is 4.79 Å². The van der Waals surface area contributed by atoms with Gasteiger partial charge in [-0.05, 0) is 25.1 Å². The smallest absolute Gasteiger partial charge is 0.251 e. The number of amides is 1. The van der Waals surface area contributed by atoms with Gasteiger partial charge in [-0.2, -0.15) is 0 Å². The van der Waals surface area contributed by atoms with Gasteiger partial charge in [0.1, 0.15) is 0 Å². The molecular weight excluding hydrogens is 348 g/mol. The number of nitrogens with one attached hydrogen (secondary N) is 1. The number of carbonyl (C=O) groups excluding carboxylic acids is 1. The van der Waals surface area contributed by atoms with Crippen LogP contribution in [0, 0.1) is 6.92 Å². The number of hydrogen-bond donors (Lipinski definition) is 1. The van der Waals surface area contributed by atoms with Crippen molar-refractivity contribution in [1.82, 2.24) is 10.3 Å². The van der Waals surface area contributed by atoms with Gasteiger partial charge in [-0.15, -0.1) is 11.3 Å². The highest BCUT2D eigenvalue weighted by Crippen LogP contribution is 2.19. The molecule has 0 atom stereocenters. The predicted molar refractivity (Wildman–Crippen MR) is 82.0 cm³/mol. The molecule has 0 saturated carbocycles. The minimum atomic E-state index is -0.128. The number of halogens is 2. The van der Waals surface area contributed by atoms with Crippen LogP contribution in [-0.2, 0) is 6.42 Å². The van der Waals surface area contributed by atoms with Crippen molar-refractivity contribution in [3.8, 4) is 0 Å². The molecule has 100 valence electrons. The maximum absolute atomic E-state index is 11.9. The zero-order valence-electron chi connectivity index (χ0n) is 10.2. The van der Waals surface area contributed by atoms with Crippen LogP contribution in [0.15, 0.2) is 28.1 Å². The Morgan fingerprint density at radius 2 is 2.26 bits per heavy atom. The Balaban J connectivity index is 1.90. The summed E-state index contributed by atoms with van der Waals surface area (Å²) in [5.41, 5.74) is 1.57. The van der Waals surface area contributed by atoms with Gasteiger partial charge in [-0.1, -0.05) is 27.5 Å². The van der Waals surface area contributed by atoms with E-state index in [1.807, 2.05) is 12.3 Å². The second-order valence-electron chi connectivity index (χ2n) is 4.05. The number of benzene rings is 1. The van der Waals surface area contributed by atoms with Gasteiger partial charge in [0.25, 0.3) is 5.91 Å². The van der Waals surface area contributed by atoms with Crippen molar-refractivity contribution in [2.75, 3.05) is 6.54 Å². The molecule has 0 unspecified atom stereocenters. The Labute approximate surface area is 129 Å². The average Bonchev–Trinajstić information content (AvgIpc) is 2.73. The van der Waals surface area contributed by atoms with E-state index in [1.54, 1.807) is 29.5 Å². The summed E-state index contributed by atoms with van der Waals surface area (Å²) in [6.45, 7) is 2.53. The molecule has 0 bridgehead atoms. The molecule has 0 aliphatic carbocycles. The lowest BCUT2D eigenvalue weighted by molar-refractivity contribution is 0.0954. The molecule has 1 aromatic heterocycles. The van der Waals surface area contributed by atoms with Crippen molar-refractivity contribution in [2.45, 2.75) is 13.3 Å². The van der Waals surface area contributed by atoms with Crippen molar-refractivity contribution in [3.05, 3.63) is 49.3 Å². The van der Waals surface area contributed by atoms with Crippen molar-refractivity contribution in [1.29, 1.82) is 0 Å². The molecule has 1 aromatic carbocycles. The minimum Gasteiger partial charge on any atom is -0.352 e. The molecule has 2 rings (SSSR count). The van der Waals surface area contributed by atoms with E-state index in [2.05, 4.69) is 26.2 Å². The number of thiazole rings is 1. The number of rotatable bonds is 4. The van der Waals surface area contributed by atoms with Crippen LogP contribution < -0.4 is 5.32 Å². The normalized spacial score (nSPS) is 10.5. The highest BCUT2D eigenvalue weighted by atomic mass is 79.9. The maximum atomic E-state index is 11.9. The van der Waals surface area contributed by atoms with E-state index in [4.69, 9.17) is 11.6 Å². The van der Waals surface area contributed by atoms with Crippen LogP contribution in [0.1, 0.15) is 21.1 Å². The first-order valence-corrected chi connectivity index (χ1v) is 7.75. The van der Waals surface area contributed by atoms with Gasteiger partial charge in [-0.25, -0.2) is 4.98 Å². The fraction of sp³-hybridized carbons (Fsp3) is 0.231. The summed E-state index contributed by atoms with van der Waals surface area (Å²) in [5.74, 6) is -0.128. The summed E-state index contributed by atoms with van der Waals surface area (Å²) in [7, 11) is 0. The molecule has 0 fully saturated rings. The molecule has 0 saturated heterocycles. The van der Waals surface area contributed by atoms with E-state index >= 15 is 0 Å². The first kappa shape index (κ1) is 14.5. The number of nitrogens with zero attached hydrogens (tertiary/aromatic N) is 1. The van der Waals surface area contributed by atoms with E-state index in [1.165, 1.54) is 0 Å². The van der Waals surface area contributed by atoms with Crippen LogP contribution in [0.2, 0.25) is 5.02 Å². The summed E-state index contributed by atoms with van der Waals surface area (Å²) >= 11 is 10.8. The molecule has 0 radical (unpaired) electrons. The summed E-state index contributed by atoms with van der Waals surface area (Å²) < 4.78 is 0.792. The van der Waals surface area contributed by atoms with Gasteiger partial charge in [0.2, 0.25) is 0 Å². The fourth-order valence-corrected chi connectivity index (χ4v) is 3.22. The van der Waals surface area contributed by atoms with Crippen molar-refractivity contribution >= 4 is 44.8 Å². The summed E-state index contributed by atoms with van der Waals surface area (Å²) in [5, 5.41) is 6.43. The topological polar surface area (TPSA) is 42.0 Å². The summed E-state index contributed by atoms with van der Waals surface area (Å²) in [4.78, 5) is 16.3. The van der Waals surface area contributed by atoms with E-state index in [9.17, 15) is 4.79 Å².